The zero-order chi connectivity index (χ0) is 40.5. The minimum atomic E-state index is -2.20. The van der Waals surface area contributed by atoms with Gasteiger partial charge in [-0.3, -0.25) is 4.98 Å². The van der Waals surface area contributed by atoms with Crippen LogP contribution >= 0.6 is 0 Å². The first-order chi connectivity index (χ1) is 27.9. The van der Waals surface area contributed by atoms with Crippen LogP contribution in [0.3, 0.4) is 0 Å². The Balaban J connectivity index is 0.000000198. The molecule has 0 amide bonds. The maximum atomic E-state index is 9.00. The Labute approximate surface area is 329 Å². The first-order valence-corrected chi connectivity index (χ1v) is 17.2. The van der Waals surface area contributed by atoms with Crippen LogP contribution in [-0.4, -0.2) is 15.0 Å². The molecule has 9 rings (SSSR count). The van der Waals surface area contributed by atoms with E-state index in [1.165, 1.54) is 6.20 Å². The Kier molecular flexibility index (Phi) is 8.66. The average Bonchev–Trinajstić information content (AvgIpc) is 3.94. The molecule has 52 heavy (non-hydrogen) atoms. The van der Waals surface area contributed by atoms with Gasteiger partial charge in [-0.2, -0.15) is 0 Å². The van der Waals surface area contributed by atoms with Crippen molar-refractivity contribution in [2.45, 2.75) is 45.3 Å². The van der Waals surface area contributed by atoms with Crippen molar-refractivity contribution >= 4 is 21.9 Å². The third kappa shape index (κ3) is 7.82. The predicted molar refractivity (Wildman–Crippen MR) is 207 cm³/mol. The molecule has 0 saturated heterocycles. The first-order valence-electron chi connectivity index (χ1n) is 20.7. The predicted octanol–water partition coefficient (Wildman–Crippen LogP) is 11.7. The number of aromatic nitrogens is 3. The Morgan fingerprint density at radius 1 is 0.808 bits per heavy atom. The van der Waals surface area contributed by atoms with Gasteiger partial charge in [0.05, 0.1) is 5.58 Å². The number of rotatable bonds is 7. The Morgan fingerprint density at radius 2 is 1.60 bits per heavy atom. The molecule has 259 valence electrons. The molecule has 0 atom stereocenters. The van der Waals surface area contributed by atoms with Gasteiger partial charge < -0.3 is 14.4 Å². The van der Waals surface area contributed by atoms with Gasteiger partial charge in [-0.15, -0.1) is 53.6 Å². The molecule has 4 aromatic heterocycles. The van der Waals surface area contributed by atoms with Gasteiger partial charge in [0.25, 0.3) is 0 Å². The second-order valence-corrected chi connectivity index (χ2v) is 12.6. The van der Waals surface area contributed by atoms with E-state index in [2.05, 4.69) is 27.1 Å². The van der Waals surface area contributed by atoms with E-state index in [1.54, 1.807) is 48.9 Å². The molecule has 4 heterocycles. The number of furan rings is 1. The second-order valence-electron chi connectivity index (χ2n) is 12.6. The number of hydrogen-bond acceptors (Lipinski definition) is 4. The molecule has 0 unspecified atom stereocenters. The summed E-state index contributed by atoms with van der Waals surface area (Å²) in [5.41, 5.74) is 7.24. The third-order valence-corrected chi connectivity index (χ3v) is 9.13. The molecule has 8 aromatic rings. The van der Waals surface area contributed by atoms with Crippen molar-refractivity contribution in [1.82, 2.24) is 15.0 Å². The standard InChI is InChI=1S/C29H25N2O.C18H14N.Ir/c1-2-6-20(5-1)17-22-13-16-31-26(19-22)24-10-9-23(18-21-11-14-30-15-12-21)28-25-7-3-4-8-27(25)32-29(24)28;1-14-13-19-18(16-10-6-3-7-11-16)12-17(14)15-8-4-2-5-9-15;/h3-4,7-9,11-16,19-20H,1-2,5-6,17-18H2;2-10,12-13H,1H3;/q2*-1;/i17D2,18D2;1D3;. The molecular weight excluding hydrogens is 815 g/mol. The summed E-state index contributed by atoms with van der Waals surface area (Å²) in [5, 5.41) is 1.49. The SMILES string of the molecule is [2H]C([2H])([2H])c1cnc(-c2[c-]cccc2)cc1-c1ccccc1.[2H]C([2H])(c1ccncc1)c1c[c-]c(-c2cc(C([2H])([2H])C3CCCC3)ccn2)c2oc3ccccc3c12.[Ir]. The molecule has 0 aliphatic heterocycles. The maximum absolute atomic E-state index is 9.00. The van der Waals surface area contributed by atoms with E-state index in [-0.39, 0.29) is 31.6 Å². The largest absolute Gasteiger partial charge is 0.501 e. The van der Waals surface area contributed by atoms with Gasteiger partial charge in [-0.1, -0.05) is 103 Å². The number of hydrogen-bond donors (Lipinski definition) is 0. The van der Waals surface area contributed by atoms with Gasteiger partial charge in [-0.25, -0.2) is 0 Å². The summed E-state index contributed by atoms with van der Waals surface area (Å²) in [7, 11) is 0. The second kappa shape index (κ2) is 16.4. The van der Waals surface area contributed by atoms with Crippen LogP contribution in [0.15, 0.2) is 144 Å². The molecule has 0 spiro atoms. The van der Waals surface area contributed by atoms with Crippen molar-refractivity contribution in [2.24, 2.45) is 5.92 Å². The van der Waals surface area contributed by atoms with Gasteiger partial charge in [0.2, 0.25) is 0 Å². The van der Waals surface area contributed by atoms with Gasteiger partial charge in [0.15, 0.2) is 0 Å². The fourth-order valence-electron chi connectivity index (χ4n) is 6.63. The summed E-state index contributed by atoms with van der Waals surface area (Å²) < 4.78 is 65.1. The van der Waals surface area contributed by atoms with Crippen LogP contribution in [0.25, 0.3) is 55.6 Å². The van der Waals surface area contributed by atoms with E-state index in [4.69, 9.17) is 14.0 Å². The minimum Gasteiger partial charge on any atom is -0.501 e. The zero-order valence-electron chi connectivity index (χ0n) is 35.3. The van der Waals surface area contributed by atoms with Crippen molar-refractivity contribution in [2.75, 3.05) is 0 Å². The summed E-state index contributed by atoms with van der Waals surface area (Å²) >= 11 is 0. The van der Waals surface area contributed by atoms with E-state index in [0.717, 1.165) is 42.2 Å². The number of aryl methyl sites for hydroxylation is 1. The van der Waals surface area contributed by atoms with Crippen molar-refractivity contribution < 1.29 is 34.1 Å². The smallest absolute Gasteiger partial charge is 0.120 e. The topological polar surface area (TPSA) is 51.8 Å². The summed E-state index contributed by atoms with van der Waals surface area (Å²) in [6.07, 6.45) is 6.93. The number of pyridine rings is 3. The number of benzene rings is 4. The molecule has 1 radical (unpaired) electrons. The first kappa shape index (κ1) is 27.4. The van der Waals surface area contributed by atoms with Gasteiger partial charge >= 0.3 is 0 Å². The summed E-state index contributed by atoms with van der Waals surface area (Å²) in [5.74, 6) is -0.00191. The normalized spacial score (nSPS) is 15.5. The van der Waals surface area contributed by atoms with Crippen LogP contribution in [0.5, 0.6) is 0 Å². The Morgan fingerprint density at radius 3 is 2.40 bits per heavy atom. The summed E-state index contributed by atoms with van der Waals surface area (Å²) in [6, 6.07) is 41.4. The zero-order valence-corrected chi connectivity index (χ0v) is 30.7. The molecule has 1 aliphatic rings. The molecule has 1 fully saturated rings. The summed E-state index contributed by atoms with van der Waals surface area (Å²) in [4.78, 5) is 12.9. The molecule has 1 saturated carbocycles. The van der Waals surface area contributed by atoms with Crippen molar-refractivity contribution in [1.29, 1.82) is 0 Å². The summed E-state index contributed by atoms with van der Waals surface area (Å²) in [6.45, 7) is -2.20. The molecule has 1 aliphatic carbocycles. The quantitative estimate of drug-likeness (QED) is 0.150. The van der Waals surface area contributed by atoms with Gasteiger partial charge in [0, 0.05) is 59.9 Å². The molecule has 0 N–H and O–H groups in total. The Bertz CT molecular complexity index is 2680. The number of fused-ring (bicyclic) bond motifs is 3. The van der Waals surface area contributed by atoms with Crippen molar-refractivity contribution in [3.8, 4) is 33.6 Å². The van der Waals surface area contributed by atoms with Crippen LogP contribution in [0, 0.1) is 24.9 Å². The van der Waals surface area contributed by atoms with E-state index in [1.807, 2.05) is 84.9 Å². The van der Waals surface area contributed by atoms with E-state index >= 15 is 0 Å². The number of nitrogens with zero attached hydrogens (tertiary/aromatic N) is 3. The van der Waals surface area contributed by atoms with Crippen LogP contribution in [0.4, 0.5) is 0 Å². The van der Waals surface area contributed by atoms with E-state index in [0.29, 0.717) is 55.8 Å². The molecule has 4 nitrogen and oxygen atoms in total. The van der Waals surface area contributed by atoms with Crippen molar-refractivity contribution in [3.63, 3.8) is 0 Å². The van der Waals surface area contributed by atoms with Gasteiger partial charge in [-0.05, 0) is 83.4 Å². The third-order valence-electron chi connectivity index (χ3n) is 9.13. The fourth-order valence-corrected chi connectivity index (χ4v) is 6.63. The molecule has 5 heteroatoms. The van der Waals surface area contributed by atoms with Crippen LogP contribution in [-0.2, 0) is 32.9 Å². The van der Waals surface area contributed by atoms with Crippen molar-refractivity contribution in [3.05, 3.63) is 174 Å². The van der Waals surface area contributed by atoms with Gasteiger partial charge in [0.1, 0.15) is 5.58 Å². The number of para-hydroxylation sites is 1. The average molecular weight is 861 g/mol. The maximum Gasteiger partial charge on any atom is 0.120 e. The van der Waals surface area contributed by atoms with Crippen LogP contribution in [0.1, 0.15) is 57.5 Å². The van der Waals surface area contributed by atoms with E-state index < -0.39 is 19.6 Å². The van der Waals surface area contributed by atoms with E-state index in [9.17, 15) is 0 Å². The van der Waals surface area contributed by atoms with Crippen LogP contribution < -0.4 is 0 Å². The Hall–Kier alpha value is -5.22. The molecule has 4 aromatic carbocycles. The molecular formula is C47H39IrN3O-2. The van der Waals surface area contributed by atoms with Crippen LogP contribution in [0.2, 0.25) is 0 Å². The minimum absolute atomic E-state index is 0. The monoisotopic (exact) mass is 861 g/mol. The fraction of sp³-hybridized carbons (Fsp3) is 0.170. The molecule has 0 bridgehead atoms.